The van der Waals surface area contributed by atoms with Gasteiger partial charge in [0.1, 0.15) is 0 Å². The lowest BCUT2D eigenvalue weighted by Gasteiger charge is -2.25. The third-order valence-corrected chi connectivity index (χ3v) is 4.12. The first-order chi connectivity index (χ1) is 11.3. The lowest BCUT2D eigenvalue weighted by Crippen LogP contribution is -2.35. The summed E-state index contributed by atoms with van der Waals surface area (Å²) in [5, 5.41) is 0. The summed E-state index contributed by atoms with van der Waals surface area (Å²) in [6.45, 7) is 1.29. The molecule has 1 N–H and O–H groups in total. The van der Waals surface area contributed by atoms with E-state index < -0.39 is 0 Å². The Labute approximate surface area is 133 Å². The van der Waals surface area contributed by atoms with Gasteiger partial charge in [0, 0.05) is 25.5 Å². The number of para-hydroxylation sites is 2. The molecule has 0 aliphatic carbocycles. The van der Waals surface area contributed by atoms with Crippen LogP contribution in [0.1, 0.15) is 22.6 Å². The van der Waals surface area contributed by atoms with Gasteiger partial charge in [-0.25, -0.2) is 4.98 Å². The number of carbonyl (C=O) groups is 1. The number of amides is 1. The van der Waals surface area contributed by atoms with Crippen LogP contribution in [0.5, 0.6) is 0 Å². The minimum Gasteiger partial charge on any atom is -0.334 e. The molecule has 0 saturated heterocycles. The zero-order valence-electron chi connectivity index (χ0n) is 12.6. The Hall–Kier alpha value is -2.95. The maximum atomic E-state index is 12.6. The van der Waals surface area contributed by atoms with E-state index in [9.17, 15) is 4.79 Å². The Kier molecular flexibility index (Phi) is 3.38. The molecule has 2 aromatic heterocycles. The van der Waals surface area contributed by atoms with E-state index in [1.165, 1.54) is 5.57 Å². The monoisotopic (exact) mass is 304 g/mol. The summed E-state index contributed by atoms with van der Waals surface area (Å²) in [4.78, 5) is 26.1. The largest absolute Gasteiger partial charge is 0.334 e. The van der Waals surface area contributed by atoms with Crippen LogP contribution in [0.3, 0.4) is 0 Å². The molecule has 1 amide bonds. The molecular formula is C18H16N4O. The van der Waals surface area contributed by atoms with Gasteiger partial charge in [-0.1, -0.05) is 24.3 Å². The molecule has 0 unspecified atom stereocenters. The smallest absolute Gasteiger partial charge is 0.289 e. The fraction of sp³-hybridized carbons (Fsp3) is 0.167. The van der Waals surface area contributed by atoms with Crippen molar-refractivity contribution in [1.82, 2.24) is 19.9 Å². The number of aromatic nitrogens is 3. The molecule has 0 saturated carbocycles. The van der Waals surface area contributed by atoms with E-state index >= 15 is 0 Å². The highest BCUT2D eigenvalue weighted by atomic mass is 16.2. The van der Waals surface area contributed by atoms with Gasteiger partial charge in [0.25, 0.3) is 5.91 Å². The standard InChI is InChI=1S/C18H16N4O/c23-18(17-20-15-5-1-2-6-16(15)21-17)22-10-7-13(8-11-22)14-4-3-9-19-12-14/h1-7,9,12H,8,10-11H2,(H,20,21). The number of pyridine rings is 1. The van der Waals surface area contributed by atoms with Gasteiger partial charge in [-0.2, -0.15) is 0 Å². The number of rotatable bonds is 2. The van der Waals surface area contributed by atoms with Crippen molar-refractivity contribution in [2.75, 3.05) is 13.1 Å². The van der Waals surface area contributed by atoms with E-state index in [-0.39, 0.29) is 5.91 Å². The normalized spacial score (nSPS) is 14.8. The molecule has 0 spiro atoms. The number of imidazole rings is 1. The predicted molar refractivity (Wildman–Crippen MR) is 88.8 cm³/mol. The summed E-state index contributed by atoms with van der Waals surface area (Å²) in [7, 11) is 0. The first-order valence-electron chi connectivity index (χ1n) is 7.65. The highest BCUT2D eigenvalue weighted by Gasteiger charge is 2.21. The average molecular weight is 304 g/mol. The minimum absolute atomic E-state index is 0.0531. The highest BCUT2D eigenvalue weighted by Crippen LogP contribution is 2.22. The Morgan fingerprint density at radius 1 is 1.17 bits per heavy atom. The van der Waals surface area contributed by atoms with Crippen molar-refractivity contribution >= 4 is 22.5 Å². The number of hydrogen-bond donors (Lipinski definition) is 1. The number of aromatic amines is 1. The molecule has 1 aliphatic rings. The summed E-state index contributed by atoms with van der Waals surface area (Å²) >= 11 is 0. The highest BCUT2D eigenvalue weighted by molar-refractivity contribution is 5.94. The van der Waals surface area contributed by atoms with Crippen LogP contribution >= 0.6 is 0 Å². The number of nitrogens with one attached hydrogen (secondary N) is 1. The number of fused-ring (bicyclic) bond motifs is 1. The topological polar surface area (TPSA) is 61.9 Å². The second kappa shape index (κ2) is 5.68. The maximum Gasteiger partial charge on any atom is 0.289 e. The van der Waals surface area contributed by atoms with Gasteiger partial charge < -0.3 is 9.88 Å². The van der Waals surface area contributed by atoms with Crippen LogP contribution in [0.25, 0.3) is 16.6 Å². The van der Waals surface area contributed by atoms with E-state index in [1.54, 1.807) is 6.20 Å². The van der Waals surface area contributed by atoms with Crippen LogP contribution in [0.15, 0.2) is 54.9 Å². The molecule has 0 bridgehead atoms. The van der Waals surface area contributed by atoms with Gasteiger partial charge in [0.05, 0.1) is 11.0 Å². The quantitative estimate of drug-likeness (QED) is 0.792. The van der Waals surface area contributed by atoms with Crippen molar-refractivity contribution in [3.8, 4) is 0 Å². The molecule has 5 heteroatoms. The molecule has 0 radical (unpaired) electrons. The van der Waals surface area contributed by atoms with E-state index in [1.807, 2.05) is 41.4 Å². The average Bonchev–Trinajstić information content (AvgIpc) is 3.06. The van der Waals surface area contributed by atoms with Crippen molar-refractivity contribution < 1.29 is 4.79 Å². The van der Waals surface area contributed by atoms with Gasteiger partial charge in [0.15, 0.2) is 5.82 Å². The predicted octanol–water partition coefficient (Wildman–Crippen LogP) is 2.89. The summed E-state index contributed by atoms with van der Waals surface area (Å²) < 4.78 is 0. The first kappa shape index (κ1) is 13.7. The third kappa shape index (κ3) is 2.61. The molecule has 3 aromatic rings. The van der Waals surface area contributed by atoms with E-state index in [4.69, 9.17) is 0 Å². The van der Waals surface area contributed by atoms with Crippen LogP contribution in [-0.2, 0) is 0 Å². The number of nitrogens with zero attached hydrogens (tertiary/aromatic N) is 3. The van der Waals surface area contributed by atoms with Crippen LogP contribution in [0.4, 0.5) is 0 Å². The van der Waals surface area contributed by atoms with Gasteiger partial charge in [0.2, 0.25) is 0 Å². The van der Waals surface area contributed by atoms with Crippen LogP contribution in [0, 0.1) is 0 Å². The van der Waals surface area contributed by atoms with Crippen molar-refractivity contribution in [2.45, 2.75) is 6.42 Å². The van der Waals surface area contributed by atoms with Crippen molar-refractivity contribution in [3.05, 3.63) is 66.3 Å². The van der Waals surface area contributed by atoms with Crippen LogP contribution < -0.4 is 0 Å². The molecular weight excluding hydrogens is 288 g/mol. The molecule has 23 heavy (non-hydrogen) atoms. The Morgan fingerprint density at radius 3 is 2.83 bits per heavy atom. The number of carbonyl (C=O) groups excluding carboxylic acids is 1. The lowest BCUT2D eigenvalue weighted by atomic mass is 10.0. The lowest BCUT2D eigenvalue weighted by molar-refractivity contribution is 0.0762. The van der Waals surface area contributed by atoms with Gasteiger partial charge in [-0.05, 0) is 35.8 Å². The molecule has 4 rings (SSSR count). The number of hydrogen-bond acceptors (Lipinski definition) is 3. The number of H-pyrrole nitrogens is 1. The van der Waals surface area contributed by atoms with Gasteiger partial charge in [-0.3, -0.25) is 9.78 Å². The van der Waals surface area contributed by atoms with Gasteiger partial charge >= 0.3 is 0 Å². The molecule has 114 valence electrons. The molecule has 1 aliphatic heterocycles. The fourth-order valence-corrected chi connectivity index (χ4v) is 2.87. The SMILES string of the molecule is O=C(c1nc2ccccc2[nH]1)N1CC=C(c2cccnc2)CC1. The molecule has 0 fully saturated rings. The molecule has 5 nitrogen and oxygen atoms in total. The second-order valence-corrected chi connectivity index (χ2v) is 5.57. The van der Waals surface area contributed by atoms with E-state index in [2.05, 4.69) is 27.1 Å². The molecule has 3 heterocycles. The summed E-state index contributed by atoms with van der Waals surface area (Å²) in [6.07, 6.45) is 6.56. The van der Waals surface area contributed by atoms with E-state index in [0.717, 1.165) is 23.0 Å². The maximum absolute atomic E-state index is 12.6. The van der Waals surface area contributed by atoms with Crippen molar-refractivity contribution in [2.24, 2.45) is 0 Å². The third-order valence-electron chi connectivity index (χ3n) is 4.12. The zero-order valence-corrected chi connectivity index (χ0v) is 12.6. The van der Waals surface area contributed by atoms with Crippen molar-refractivity contribution in [1.29, 1.82) is 0 Å². The fourth-order valence-electron chi connectivity index (χ4n) is 2.87. The summed E-state index contributed by atoms with van der Waals surface area (Å²) in [5.41, 5.74) is 4.08. The molecule has 1 aromatic carbocycles. The Morgan fingerprint density at radius 2 is 2.09 bits per heavy atom. The summed E-state index contributed by atoms with van der Waals surface area (Å²) in [5.74, 6) is 0.354. The second-order valence-electron chi connectivity index (χ2n) is 5.57. The van der Waals surface area contributed by atoms with Crippen LogP contribution in [0.2, 0.25) is 0 Å². The Balaban J connectivity index is 1.53. The number of benzene rings is 1. The van der Waals surface area contributed by atoms with Crippen molar-refractivity contribution in [3.63, 3.8) is 0 Å². The zero-order chi connectivity index (χ0) is 15.6. The van der Waals surface area contributed by atoms with Gasteiger partial charge in [-0.15, -0.1) is 0 Å². The Bertz CT molecular complexity index is 849. The van der Waals surface area contributed by atoms with Crippen LogP contribution in [-0.4, -0.2) is 38.8 Å². The first-order valence-corrected chi connectivity index (χ1v) is 7.65. The minimum atomic E-state index is -0.0531. The van der Waals surface area contributed by atoms with E-state index in [0.29, 0.717) is 18.9 Å². The molecule has 0 atom stereocenters. The summed E-state index contributed by atoms with van der Waals surface area (Å²) in [6, 6.07) is 11.7.